The highest BCUT2D eigenvalue weighted by Gasteiger charge is 2.42. The molecule has 1 aromatic carbocycles. The van der Waals surface area contributed by atoms with Crippen LogP contribution in [0.25, 0.3) is 0 Å². The Kier molecular flexibility index (Phi) is 4.66. The number of rotatable bonds is 3. The van der Waals surface area contributed by atoms with E-state index in [1.54, 1.807) is 11.8 Å². The summed E-state index contributed by atoms with van der Waals surface area (Å²) in [5.41, 5.74) is 9.07. The molecule has 0 aliphatic carbocycles. The summed E-state index contributed by atoms with van der Waals surface area (Å²) in [6, 6.07) is 9.43. The van der Waals surface area contributed by atoms with Crippen molar-refractivity contribution in [2.45, 2.75) is 13.0 Å². The zero-order valence-electron chi connectivity index (χ0n) is 15.0. The van der Waals surface area contributed by atoms with Gasteiger partial charge in [0, 0.05) is 19.8 Å². The molecule has 0 radical (unpaired) electrons. The molecular weight excluding hydrogens is 350 g/mol. The van der Waals surface area contributed by atoms with Crippen LogP contribution in [0.5, 0.6) is 0 Å². The van der Waals surface area contributed by atoms with Crippen LogP contribution in [0.1, 0.15) is 18.5 Å². The molecule has 0 saturated heterocycles. The third-order valence-electron chi connectivity index (χ3n) is 4.31. The van der Waals surface area contributed by atoms with Gasteiger partial charge in [0.05, 0.1) is 24.4 Å². The van der Waals surface area contributed by atoms with Gasteiger partial charge >= 0.3 is 5.97 Å². The number of aliphatic imine (C=N–C) groups is 1. The van der Waals surface area contributed by atoms with E-state index in [1.807, 2.05) is 43.3 Å². The molecule has 2 N–H and O–H groups in total. The molecule has 7 nitrogen and oxygen atoms in total. The molecule has 1 aromatic rings. The largest absolute Gasteiger partial charge is 0.466 e. The Balaban J connectivity index is 2.16. The van der Waals surface area contributed by atoms with E-state index < -0.39 is 12.0 Å². The fraction of sp³-hybridized carbons (Fsp3) is 0.278. The Hall–Kier alpha value is -2.92. The summed E-state index contributed by atoms with van der Waals surface area (Å²) in [6.07, 6.45) is 0. The van der Waals surface area contributed by atoms with Crippen LogP contribution in [-0.4, -0.2) is 37.2 Å². The second kappa shape index (κ2) is 6.77. The van der Waals surface area contributed by atoms with E-state index in [0.29, 0.717) is 27.2 Å². The van der Waals surface area contributed by atoms with Gasteiger partial charge in [-0.1, -0.05) is 12.1 Å². The number of hydrogen-bond acceptors (Lipinski definition) is 8. The van der Waals surface area contributed by atoms with E-state index in [9.17, 15) is 10.1 Å². The number of esters is 1. The number of hydrogen-bond donors (Lipinski definition) is 1. The molecule has 2 aliphatic heterocycles. The van der Waals surface area contributed by atoms with E-state index >= 15 is 0 Å². The average Bonchev–Trinajstić information content (AvgIpc) is 2.95. The topological polar surface area (TPSA) is 94.9 Å². The van der Waals surface area contributed by atoms with Gasteiger partial charge in [-0.15, -0.1) is 0 Å². The van der Waals surface area contributed by atoms with Gasteiger partial charge < -0.3 is 15.4 Å². The molecule has 0 spiro atoms. The number of allylic oxidation sites excluding steroid dienone is 2. The van der Waals surface area contributed by atoms with E-state index in [-0.39, 0.29) is 0 Å². The van der Waals surface area contributed by atoms with Crippen LogP contribution in [0.2, 0.25) is 0 Å². The van der Waals surface area contributed by atoms with Crippen LogP contribution in [0.3, 0.4) is 0 Å². The highest BCUT2D eigenvalue weighted by Crippen LogP contribution is 2.45. The minimum absolute atomic E-state index is 0.298. The molecule has 1 atom stereocenters. The van der Waals surface area contributed by atoms with Crippen molar-refractivity contribution in [3.63, 3.8) is 0 Å². The van der Waals surface area contributed by atoms with Crippen molar-refractivity contribution in [2.24, 2.45) is 10.7 Å². The highest BCUT2D eigenvalue weighted by atomic mass is 32.2. The molecule has 0 fully saturated rings. The maximum atomic E-state index is 12.5. The predicted octanol–water partition coefficient (Wildman–Crippen LogP) is 2.31. The molecule has 8 heteroatoms. The number of fused-ring (bicyclic) bond motifs is 1. The number of benzene rings is 1. The monoisotopic (exact) mass is 369 g/mol. The Morgan fingerprint density at radius 1 is 1.38 bits per heavy atom. The van der Waals surface area contributed by atoms with E-state index in [0.717, 1.165) is 11.3 Å². The van der Waals surface area contributed by atoms with Gasteiger partial charge in [-0.3, -0.25) is 4.90 Å². The minimum atomic E-state index is -0.496. The smallest absolute Gasteiger partial charge is 0.338 e. The Bertz CT molecular complexity index is 893. The van der Waals surface area contributed by atoms with Gasteiger partial charge in [0.2, 0.25) is 0 Å². The first-order valence-electron chi connectivity index (χ1n) is 7.91. The first-order valence-corrected chi connectivity index (χ1v) is 8.72. The summed E-state index contributed by atoms with van der Waals surface area (Å²) in [4.78, 5) is 21.0. The molecule has 134 valence electrons. The SMILES string of the molecule is COC(=O)C1=C(C)N=C2SC(C#N)=C(N)N2[C@H]1c1ccc(N(C)C)cc1. The number of thioether (sulfide) groups is 1. The van der Waals surface area contributed by atoms with Crippen molar-refractivity contribution >= 4 is 28.6 Å². The van der Waals surface area contributed by atoms with Crippen LogP contribution in [0.4, 0.5) is 5.69 Å². The van der Waals surface area contributed by atoms with Crippen molar-refractivity contribution in [1.82, 2.24) is 4.90 Å². The van der Waals surface area contributed by atoms with Crippen LogP contribution in [-0.2, 0) is 9.53 Å². The predicted molar refractivity (Wildman–Crippen MR) is 102 cm³/mol. The van der Waals surface area contributed by atoms with Gasteiger partial charge in [-0.25, -0.2) is 9.79 Å². The van der Waals surface area contributed by atoms with Crippen molar-refractivity contribution < 1.29 is 9.53 Å². The normalized spacial score (nSPS) is 19.1. The summed E-state index contributed by atoms with van der Waals surface area (Å²) in [6.45, 7) is 1.76. The number of anilines is 1. The summed E-state index contributed by atoms with van der Waals surface area (Å²) in [5, 5.41) is 9.91. The number of ether oxygens (including phenoxy) is 1. The van der Waals surface area contributed by atoms with E-state index in [2.05, 4.69) is 11.1 Å². The average molecular weight is 369 g/mol. The van der Waals surface area contributed by atoms with Crippen molar-refractivity contribution in [3.8, 4) is 6.07 Å². The van der Waals surface area contributed by atoms with Crippen LogP contribution >= 0.6 is 11.8 Å². The number of carbonyl (C=O) groups excluding carboxylic acids is 1. The van der Waals surface area contributed by atoms with Gasteiger partial charge in [-0.2, -0.15) is 5.26 Å². The first-order chi connectivity index (χ1) is 12.4. The highest BCUT2D eigenvalue weighted by molar-refractivity contribution is 8.17. The molecule has 0 unspecified atom stereocenters. The van der Waals surface area contributed by atoms with Crippen LogP contribution in [0.15, 0.2) is 51.3 Å². The lowest BCUT2D eigenvalue weighted by Crippen LogP contribution is -2.38. The number of amidine groups is 1. The van der Waals surface area contributed by atoms with Gasteiger partial charge in [0.1, 0.15) is 16.8 Å². The first kappa shape index (κ1) is 17.9. The maximum absolute atomic E-state index is 12.5. The second-order valence-corrected chi connectivity index (χ2v) is 7.05. The number of carbonyl (C=O) groups is 1. The third kappa shape index (κ3) is 2.80. The van der Waals surface area contributed by atoms with E-state index in [4.69, 9.17) is 10.5 Å². The lowest BCUT2D eigenvalue weighted by Gasteiger charge is -2.34. The number of methoxy groups -OCH3 is 1. The van der Waals surface area contributed by atoms with Gasteiger partial charge in [-0.05, 0) is 36.4 Å². The third-order valence-corrected chi connectivity index (χ3v) is 5.28. The second-order valence-electron chi connectivity index (χ2n) is 6.07. The lowest BCUT2D eigenvalue weighted by atomic mass is 9.94. The van der Waals surface area contributed by atoms with Crippen molar-refractivity contribution in [1.29, 1.82) is 5.26 Å². The van der Waals surface area contributed by atoms with Crippen molar-refractivity contribution in [3.05, 3.63) is 51.8 Å². The molecule has 0 saturated carbocycles. The zero-order valence-corrected chi connectivity index (χ0v) is 15.8. The summed E-state index contributed by atoms with van der Waals surface area (Å²) >= 11 is 1.21. The number of nitrogens with zero attached hydrogens (tertiary/aromatic N) is 4. The van der Waals surface area contributed by atoms with Gasteiger partial charge in [0.25, 0.3) is 0 Å². The van der Waals surface area contributed by atoms with Gasteiger partial charge in [0.15, 0.2) is 5.17 Å². The van der Waals surface area contributed by atoms with Crippen molar-refractivity contribution in [2.75, 3.05) is 26.1 Å². The molecule has 2 aliphatic rings. The molecule has 0 bridgehead atoms. The summed E-state index contributed by atoms with van der Waals surface area (Å²) in [5.74, 6) is -0.165. The summed E-state index contributed by atoms with van der Waals surface area (Å²) < 4.78 is 4.98. The molecule has 26 heavy (non-hydrogen) atoms. The lowest BCUT2D eigenvalue weighted by molar-refractivity contribution is -0.136. The number of nitrogens with two attached hydrogens (primary N) is 1. The minimum Gasteiger partial charge on any atom is -0.466 e. The quantitative estimate of drug-likeness (QED) is 0.817. The van der Waals surface area contributed by atoms with E-state index in [1.165, 1.54) is 18.9 Å². The fourth-order valence-corrected chi connectivity index (χ4v) is 3.90. The molecule has 3 rings (SSSR count). The molecular formula is C18H19N5O2S. The Morgan fingerprint density at radius 3 is 2.58 bits per heavy atom. The molecule has 0 aromatic heterocycles. The maximum Gasteiger partial charge on any atom is 0.338 e. The standard InChI is InChI=1S/C18H19N5O2S/c1-10-14(17(24)25-4)15(11-5-7-12(8-6-11)22(2)3)23-16(20)13(9-19)26-18(23)21-10/h5-8,15H,20H2,1-4H3/t15-/m0/s1. The summed E-state index contributed by atoms with van der Waals surface area (Å²) in [7, 11) is 5.26. The zero-order chi connectivity index (χ0) is 19.0. The Morgan fingerprint density at radius 2 is 2.04 bits per heavy atom. The van der Waals surface area contributed by atoms with Crippen LogP contribution in [0, 0.1) is 11.3 Å². The number of nitriles is 1. The Labute approximate surface area is 156 Å². The van der Waals surface area contributed by atoms with Crippen LogP contribution < -0.4 is 10.6 Å². The molecule has 2 heterocycles. The molecule has 0 amide bonds. The fourth-order valence-electron chi connectivity index (χ4n) is 2.98.